The third-order valence-electron chi connectivity index (χ3n) is 2.88. The van der Waals surface area contributed by atoms with Crippen molar-refractivity contribution in [3.05, 3.63) is 24.3 Å². The van der Waals surface area contributed by atoms with E-state index in [1.807, 2.05) is 6.92 Å². The van der Waals surface area contributed by atoms with E-state index in [0.29, 0.717) is 18.1 Å². The third kappa shape index (κ3) is 5.17. The molecule has 1 rings (SSSR count). The monoisotopic (exact) mass is 208 g/mol. The molecule has 0 N–H and O–H groups in total. The number of ether oxygens (including phenoxy) is 1. The highest BCUT2D eigenvalue weighted by Gasteiger charge is 2.37. The van der Waals surface area contributed by atoms with Gasteiger partial charge in [-0.2, -0.15) is 0 Å². The summed E-state index contributed by atoms with van der Waals surface area (Å²) in [5.41, 5.74) is 0. The number of allylic oxidation sites excluding steroid dienone is 4. The Morgan fingerprint density at radius 3 is 2.73 bits per heavy atom. The van der Waals surface area contributed by atoms with Gasteiger partial charge in [-0.25, -0.2) is 0 Å². The maximum atomic E-state index is 5.64. The molecule has 0 aromatic rings. The van der Waals surface area contributed by atoms with Crippen LogP contribution in [0.15, 0.2) is 24.3 Å². The third-order valence-corrected chi connectivity index (χ3v) is 2.88. The molecule has 1 aliphatic heterocycles. The van der Waals surface area contributed by atoms with Crippen LogP contribution in [0.1, 0.15) is 46.5 Å². The molecule has 1 heterocycles. The molecular weight excluding hydrogens is 184 g/mol. The fraction of sp³-hybridized carbons (Fsp3) is 0.714. The van der Waals surface area contributed by atoms with E-state index in [2.05, 4.69) is 38.2 Å². The lowest BCUT2D eigenvalue weighted by Gasteiger charge is -2.01. The van der Waals surface area contributed by atoms with Gasteiger partial charge in [-0.15, -0.1) is 0 Å². The van der Waals surface area contributed by atoms with Crippen LogP contribution < -0.4 is 0 Å². The summed E-state index contributed by atoms with van der Waals surface area (Å²) in [6.45, 7) is 6.54. The summed E-state index contributed by atoms with van der Waals surface area (Å²) in [5, 5.41) is 0. The lowest BCUT2D eigenvalue weighted by molar-refractivity contribution is 0.344. The van der Waals surface area contributed by atoms with Crippen molar-refractivity contribution in [1.82, 2.24) is 0 Å². The average molecular weight is 208 g/mol. The zero-order valence-electron chi connectivity index (χ0n) is 10.3. The SMILES string of the molecule is C/C=C\C=C\C(C)CC1OC1CCCC. The topological polar surface area (TPSA) is 12.5 Å². The Labute approximate surface area is 94.2 Å². The van der Waals surface area contributed by atoms with Gasteiger partial charge in [-0.1, -0.05) is 51.0 Å². The number of hydrogen-bond donors (Lipinski definition) is 0. The van der Waals surface area contributed by atoms with E-state index in [-0.39, 0.29) is 0 Å². The predicted octanol–water partition coefficient (Wildman–Crippen LogP) is 4.10. The summed E-state index contributed by atoms with van der Waals surface area (Å²) < 4.78 is 5.64. The van der Waals surface area contributed by atoms with Gasteiger partial charge in [-0.3, -0.25) is 0 Å². The minimum absolute atomic E-state index is 0.543. The van der Waals surface area contributed by atoms with Crippen LogP contribution in [0.2, 0.25) is 0 Å². The first kappa shape index (κ1) is 12.5. The van der Waals surface area contributed by atoms with E-state index in [9.17, 15) is 0 Å². The maximum absolute atomic E-state index is 5.64. The Morgan fingerprint density at radius 2 is 2.07 bits per heavy atom. The highest BCUT2D eigenvalue weighted by atomic mass is 16.6. The van der Waals surface area contributed by atoms with Crippen molar-refractivity contribution >= 4 is 0 Å². The largest absolute Gasteiger partial charge is 0.370 e. The van der Waals surface area contributed by atoms with E-state index >= 15 is 0 Å². The first-order valence-corrected chi connectivity index (χ1v) is 6.22. The lowest BCUT2D eigenvalue weighted by Crippen LogP contribution is -2.00. The van der Waals surface area contributed by atoms with Crippen molar-refractivity contribution in [1.29, 1.82) is 0 Å². The molecule has 15 heavy (non-hydrogen) atoms. The standard InChI is InChI=1S/C14H24O/c1-4-6-8-9-12(3)11-14-13(15-14)10-7-5-2/h4,6,8-9,12-14H,5,7,10-11H2,1-3H3/b6-4-,9-8+. The molecule has 3 unspecified atom stereocenters. The van der Waals surface area contributed by atoms with E-state index in [4.69, 9.17) is 4.74 Å². The Bertz CT molecular complexity index is 217. The van der Waals surface area contributed by atoms with Crippen LogP contribution >= 0.6 is 0 Å². The van der Waals surface area contributed by atoms with Gasteiger partial charge in [0.15, 0.2) is 0 Å². The van der Waals surface area contributed by atoms with Gasteiger partial charge in [-0.05, 0) is 25.7 Å². The highest BCUT2D eigenvalue weighted by molar-refractivity contribution is 5.03. The van der Waals surface area contributed by atoms with Crippen molar-refractivity contribution in [2.45, 2.75) is 58.7 Å². The van der Waals surface area contributed by atoms with E-state index in [1.165, 1.54) is 25.7 Å². The summed E-state index contributed by atoms with van der Waals surface area (Å²) in [4.78, 5) is 0. The number of hydrogen-bond acceptors (Lipinski definition) is 1. The van der Waals surface area contributed by atoms with Gasteiger partial charge in [0.05, 0.1) is 12.2 Å². The van der Waals surface area contributed by atoms with E-state index in [1.54, 1.807) is 0 Å². The Hall–Kier alpha value is -0.560. The molecule has 0 spiro atoms. The number of unbranched alkanes of at least 4 members (excludes halogenated alkanes) is 1. The second-order valence-electron chi connectivity index (χ2n) is 4.48. The molecule has 0 aromatic heterocycles. The minimum atomic E-state index is 0.543. The van der Waals surface area contributed by atoms with Crippen molar-refractivity contribution < 1.29 is 4.74 Å². The van der Waals surface area contributed by atoms with Crippen molar-refractivity contribution in [2.75, 3.05) is 0 Å². The first-order chi connectivity index (χ1) is 7.27. The summed E-state index contributed by atoms with van der Waals surface area (Å²) >= 11 is 0. The maximum Gasteiger partial charge on any atom is 0.0847 e. The molecule has 0 aliphatic carbocycles. The first-order valence-electron chi connectivity index (χ1n) is 6.22. The quantitative estimate of drug-likeness (QED) is 0.453. The molecule has 3 atom stereocenters. The number of epoxide rings is 1. The molecule has 0 radical (unpaired) electrons. The van der Waals surface area contributed by atoms with Crippen LogP contribution in [0.4, 0.5) is 0 Å². The normalized spacial score (nSPS) is 27.7. The Kier molecular flexibility index (Phi) is 5.70. The molecule has 1 fully saturated rings. The molecular formula is C14H24O. The summed E-state index contributed by atoms with van der Waals surface area (Å²) in [6.07, 6.45) is 14.7. The van der Waals surface area contributed by atoms with Crippen LogP contribution in [0.3, 0.4) is 0 Å². The Morgan fingerprint density at radius 1 is 1.27 bits per heavy atom. The van der Waals surface area contributed by atoms with Gasteiger partial charge in [0.1, 0.15) is 0 Å². The van der Waals surface area contributed by atoms with Gasteiger partial charge < -0.3 is 4.74 Å². The smallest absolute Gasteiger partial charge is 0.0847 e. The fourth-order valence-corrected chi connectivity index (χ4v) is 1.86. The molecule has 0 aromatic carbocycles. The molecule has 0 bridgehead atoms. The molecule has 1 aliphatic rings. The lowest BCUT2D eigenvalue weighted by atomic mass is 10.0. The minimum Gasteiger partial charge on any atom is -0.370 e. The molecule has 1 saturated heterocycles. The summed E-state index contributed by atoms with van der Waals surface area (Å²) in [6, 6.07) is 0. The van der Waals surface area contributed by atoms with Crippen LogP contribution in [-0.2, 0) is 4.74 Å². The highest BCUT2D eigenvalue weighted by Crippen LogP contribution is 2.32. The number of rotatable bonds is 7. The van der Waals surface area contributed by atoms with Gasteiger partial charge in [0.2, 0.25) is 0 Å². The zero-order chi connectivity index (χ0) is 11.1. The van der Waals surface area contributed by atoms with E-state index < -0.39 is 0 Å². The van der Waals surface area contributed by atoms with Crippen LogP contribution in [0, 0.1) is 5.92 Å². The average Bonchev–Trinajstić information content (AvgIpc) is 2.94. The van der Waals surface area contributed by atoms with Gasteiger partial charge in [0, 0.05) is 0 Å². The predicted molar refractivity (Wildman–Crippen MR) is 65.9 cm³/mol. The molecule has 0 saturated carbocycles. The van der Waals surface area contributed by atoms with Crippen molar-refractivity contribution in [3.8, 4) is 0 Å². The second kappa shape index (κ2) is 6.84. The van der Waals surface area contributed by atoms with Gasteiger partial charge >= 0.3 is 0 Å². The van der Waals surface area contributed by atoms with Crippen LogP contribution in [-0.4, -0.2) is 12.2 Å². The summed E-state index contributed by atoms with van der Waals surface area (Å²) in [5.74, 6) is 0.637. The zero-order valence-corrected chi connectivity index (χ0v) is 10.3. The van der Waals surface area contributed by atoms with Crippen LogP contribution in [0.25, 0.3) is 0 Å². The molecule has 86 valence electrons. The summed E-state index contributed by atoms with van der Waals surface area (Å²) in [7, 11) is 0. The van der Waals surface area contributed by atoms with Crippen molar-refractivity contribution in [2.24, 2.45) is 5.92 Å². The molecule has 1 nitrogen and oxygen atoms in total. The van der Waals surface area contributed by atoms with Crippen LogP contribution in [0.5, 0.6) is 0 Å². The van der Waals surface area contributed by atoms with Crippen molar-refractivity contribution in [3.63, 3.8) is 0 Å². The second-order valence-corrected chi connectivity index (χ2v) is 4.48. The fourth-order valence-electron chi connectivity index (χ4n) is 1.86. The molecule has 0 amide bonds. The Balaban J connectivity index is 2.10. The molecule has 1 heteroatoms. The van der Waals surface area contributed by atoms with E-state index in [0.717, 1.165) is 0 Å². The van der Waals surface area contributed by atoms with Gasteiger partial charge in [0.25, 0.3) is 0 Å².